The van der Waals surface area contributed by atoms with Crippen LogP contribution in [0.4, 0.5) is 4.79 Å². The van der Waals surface area contributed by atoms with Crippen LogP contribution in [0.5, 0.6) is 0 Å². The van der Waals surface area contributed by atoms with Crippen molar-refractivity contribution in [2.75, 3.05) is 20.3 Å². The normalized spacial score (nSPS) is 12.4. The Hall–Kier alpha value is -1.30. The van der Waals surface area contributed by atoms with Gasteiger partial charge in [0.2, 0.25) is 0 Å². The van der Waals surface area contributed by atoms with E-state index in [0.29, 0.717) is 6.42 Å². The minimum atomic E-state index is -0.548. The van der Waals surface area contributed by atoms with E-state index in [4.69, 9.17) is 14.2 Å². The molecule has 0 bridgehead atoms. The molecule has 0 saturated carbocycles. The van der Waals surface area contributed by atoms with Crippen molar-refractivity contribution in [3.63, 3.8) is 0 Å². The molecule has 0 aromatic carbocycles. The molecule has 0 radical (unpaired) electrons. The number of hydrogen-bond acceptors (Lipinski definition) is 5. The van der Waals surface area contributed by atoms with Crippen LogP contribution < -0.4 is 5.32 Å². The Bertz CT molecular complexity index is 420. The minimum absolute atomic E-state index is 0.128. The molecule has 29 heavy (non-hydrogen) atoms. The van der Waals surface area contributed by atoms with Crippen LogP contribution in [0.15, 0.2) is 0 Å². The second-order valence-corrected chi connectivity index (χ2v) is 8.71. The predicted octanol–water partition coefficient (Wildman–Crippen LogP) is 5.77. The molecular formula is C23H45NO5. The van der Waals surface area contributed by atoms with Gasteiger partial charge in [-0.15, -0.1) is 0 Å². The number of unbranched alkanes of at least 4 members (excludes halogenated alkanes) is 10. The Morgan fingerprint density at radius 1 is 0.862 bits per heavy atom. The molecule has 0 spiro atoms. The van der Waals surface area contributed by atoms with E-state index >= 15 is 0 Å². The van der Waals surface area contributed by atoms with Gasteiger partial charge in [-0.25, -0.2) is 4.79 Å². The molecule has 0 aliphatic rings. The topological polar surface area (TPSA) is 73.9 Å². The lowest BCUT2D eigenvalue weighted by atomic mass is 10.1. The first kappa shape index (κ1) is 27.7. The Balaban J connectivity index is 3.62. The number of alkyl carbamates (subject to hydrolysis) is 1. The summed E-state index contributed by atoms with van der Waals surface area (Å²) in [5.41, 5.74) is -0.548. The number of hydrogen-bond donors (Lipinski definition) is 1. The molecule has 172 valence electrons. The van der Waals surface area contributed by atoms with E-state index in [1.807, 2.05) is 0 Å². The molecule has 6 heteroatoms. The summed E-state index contributed by atoms with van der Waals surface area (Å²) < 4.78 is 15.7. The lowest BCUT2D eigenvalue weighted by molar-refractivity contribution is -0.147. The fraction of sp³-hybridized carbons (Fsp3) is 0.913. The summed E-state index contributed by atoms with van der Waals surface area (Å²) in [6.07, 6.45) is 13.3. The Morgan fingerprint density at radius 2 is 1.38 bits per heavy atom. The number of rotatable bonds is 17. The van der Waals surface area contributed by atoms with Crippen molar-refractivity contribution in [3.05, 3.63) is 0 Å². The average Bonchev–Trinajstić information content (AvgIpc) is 2.64. The van der Waals surface area contributed by atoms with E-state index in [-0.39, 0.29) is 25.2 Å². The van der Waals surface area contributed by atoms with Crippen LogP contribution in [-0.2, 0) is 19.0 Å². The third-order valence-electron chi connectivity index (χ3n) is 4.62. The molecule has 1 amide bonds. The van der Waals surface area contributed by atoms with Crippen LogP contribution in [0.2, 0.25) is 0 Å². The van der Waals surface area contributed by atoms with Gasteiger partial charge in [-0.05, 0) is 27.2 Å². The van der Waals surface area contributed by atoms with Crippen molar-refractivity contribution in [2.24, 2.45) is 0 Å². The molecule has 0 unspecified atom stereocenters. The summed E-state index contributed by atoms with van der Waals surface area (Å²) in [4.78, 5) is 23.5. The molecule has 1 N–H and O–H groups in total. The summed E-state index contributed by atoms with van der Waals surface area (Å²) >= 11 is 0. The number of amides is 1. The van der Waals surface area contributed by atoms with Gasteiger partial charge in [0.1, 0.15) is 18.3 Å². The third-order valence-corrected chi connectivity index (χ3v) is 4.62. The number of esters is 1. The van der Waals surface area contributed by atoms with E-state index < -0.39 is 11.7 Å². The van der Waals surface area contributed by atoms with Crippen molar-refractivity contribution >= 4 is 12.1 Å². The highest BCUT2D eigenvalue weighted by Gasteiger charge is 2.18. The van der Waals surface area contributed by atoms with Crippen LogP contribution in [0.3, 0.4) is 0 Å². The Kier molecular flexibility index (Phi) is 16.8. The fourth-order valence-electron chi connectivity index (χ4n) is 2.91. The maximum absolute atomic E-state index is 11.9. The summed E-state index contributed by atoms with van der Waals surface area (Å²) in [6.45, 7) is 8.01. The van der Waals surface area contributed by atoms with Gasteiger partial charge in [-0.3, -0.25) is 4.79 Å². The lowest BCUT2D eigenvalue weighted by Gasteiger charge is -2.21. The third kappa shape index (κ3) is 19.8. The number of carbonyl (C=O) groups excluding carboxylic acids is 2. The van der Waals surface area contributed by atoms with Crippen molar-refractivity contribution in [1.29, 1.82) is 0 Å². The summed E-state index contributed by atoms with van der Waals surface area (Å²) in [6, 6.07) is 0. The fourth-order valence-corrected chi connectivity index (χ4v) is 2.91. The summed E-state index contributed by atoms with van der Waals surface area (Å²) in [7, 11) is 1.53. The zero-order chi connectivity index (χ0) is 22.0. The molecule has 6 nitrogen and oxygen atoms in total. The first-order valence-electron chi connectivity index (χ1n) is 11.4. The van der Waals surface area contributed by atoms with Gasteiger partial charge in [0.25, 0.3) is 0 Å². The Labute approximate surface area is 178 Å². The number of nitrogens with one attached hydrogen (secondary N) is 1. The quantitative estimate of drug-likeness (QED) is 0.241. The maximum Gasteiger partial charge on any atom is 0.407 e. The van der Waals surface area contributed by atoms with Gasteiger partial charge < -0.3 is 19.5 Å². The van der Waals surface area contributed by atoms with Gasteiger partial charge in [-0.2, -0.15) is 0 Å². The van der Waals surface area contributed by atoms with Gasteiger partial charge in [0.15, 0.2) is 0 Å². The van der Waals surface area contributed by atoms with E-state index in [9.17, 15) is 9.59 Å². The molecule has 0 aromatic heterocycles. The molecule has 0 rings (SSSR count). The van der Waals surface area contributed by atoms with Crippen LogP contribution >= 0.6 is 0 Å². The SMILES string of the molecule is CCCCCCCCCCCCCC(=O)OC[C@@H](CNC(=O)OC(C)(C)C)OC. The second-order valence-electron chi connectivity index (χ2n) is 8.71. The largest absolute Gasteiger partial charge is 0.463 e. The zero-order valence-corrected chi connectivity index (χ0v) is 19.5. The molecule has 0 fully saturated rings. The highest BCUT2D eigenvalue weighted by Crippen LogP contribution is 2.12. The molecule has 0 aliphatic heterocycles. The highest BCUT2D eigenvalue weighted by molar-refractivity contribution is 5.69. The van der Waals surface area contributed by atoms with E-state index in [2.05, 4.69) is 12.2 Å². The van der Waals surface area contributed by atoms with Crippen molar-refractivity contribution in [1.82, 2.24) is 5.32 Å². The van der Waals surface area contributed by atoms with Gasteiger partial charge in [-0.1, -0.05) is 71.1 Å². The molecule has 0 saturated heterocycles. The molecule has 0 aromatic rings. The van der Waals surface area contributed by atoms with Gasteiger partial charge in [0.05, 0.1) is 6.54 Å². The molecule has 0 heterocycles. The summed E-state index contributed by atoms with van der Waals surface area (Å²) in [5.74, 6) is -0.208. The van der Waals surface area contributed by atoms with Crippen LogP contribution in [0.25, 0.3) is 0 Å². The number of methoxy groups -OCH3 is 1. The van der Waals surface area contributed by atoms with E-state index in [1.165, 1.54) is 64.9 Å². The maximum atomic E-state index is 11.9. The molecule has 1 atom stereocenters. The highest BCUT2D eigenvalue weighted by atomic mass is 16.6. The van der Waals surface area contributed by atoms with Crippen molar-refractivity contribution in [2.45, 2.75) is 116 Å². The van der Waals surface area contributed by atoms with Crippen molar-refractivity contribution < 1.29 is 23.8 Å². The summed E-state index contributed by atoms with van der Waals surface area (Å²) in [5, 5.41) is 2.63. The molecule has 0 aliphatic carbocycles. The lowest BCUT2D eigenvalue weighted by Crippen LogP contribution is -2.39. The number of ether oxygens (including phenoxy) is 3. The second kappa shape index (κ2) is 17.5. The van der Waals surface area contributed by atoms with E-state index in [1.54, 1.807) is 20.8 Å². The zero-order valence-electron chi connectivity index (χ0n) is 19.5. The van der Waals surface area contributed by atoms with Crippen LogP contribution in [-0.4, -0.2) is 44.0 Å². The number of carbonyl (C=O) groups is 2. The average molecular weight is 416 g/mol. The van der Waals surface area contributed by atoms with Crippen LogP contribution in [0, 0.1) is 0 Å². The predicted molar refractivity (Wildman–Crippen MR) is 117 cm³/mol. The van der Waals surface area contributed by atoms with Gasteiger partial charge >= 0.3 is 12.1 Å². The molecular weight excluding hydrogens is 370 g/mol. The van der Waals surface area contributed by atoms with Gasteiger partial charge in [0, 0.05) is 13.5 Å². The first-order valence-corrected chi connectivity index (χ1v) is 11.4. The van der Waals surface area contributed by atoms with Crippen molar-refractivity contribution in [3.8, 4) is 0 Å². The Morgan fingerprint density at radius 3 is 1.86 bits per heavy atom. The monoisotopic (exact) mass is 415 g/mol. The van der Waals surface area contributed by atoms with Crippen LogP contribution in [0.1, 0.15) is 105 Å². The first-order chi connectivity index (χ1) is 13.8. The minimum Gasteiger partial charge on any atom is -0.463 e. The van der Waals surface area contributed by atoms with E-state index in [0.717, 1.165) is 12.8 Å². The standard InChI is InChI=1S/C23H45NO5/c1-6-7-8-9-10-11-12-13-14-15-16-17-21(25)28-19-20(27-5)18-24-22(26)29-23(2,3)4/h20H,6-19H2,1-5H3,(H,24,26)/t20-/m1/s1. The smallest absolute Gasteiger partial charge is 0.407 e.